The SMILES string of the molecule is N#Cc1ccc(CN2C(=O)COCC2=O)cc1. The highest BCUT2D eigenvalue weighted by molar-refractivity contribution is 5.98. The van der Waals surface area contributed by atoms with Crippen LogP contribution in [0, 0.1) is 11.3 Å². The van der Waals surface area contributed by atoms with Crippen molar-refractivity contribution in [2.45, 2.75) is 6.54 Å². The summed E-state index contributed by atoms with van der Waals surface area (Å²) in [4.78, 5) is 24.1. The van der Waals surface area contributed by atoms with Gasteiger partial charge < -0.3 is 4.74 Å². The first-order valence-corrected chi connectivity index (χ1v) is 5.10. The minimum absolute atomic E-state index is 0.0536. The molecule has 5 heteroatoms. The summed E-state index contributed by atoms with van der Waals surface area (Å²) < 4.78 is 4.81. The highest BCUT2D eigenvalue weighted by atomic mass is 16.5. The van der Waals surface area contributed by atoms with E-state index in [0.717, 1.165) is 5.56 Å². The number of nitriles is 1. The van der Waals surface area contributed by atoms with Crippen LogP contribution in [0.2, 0.25) is 0 Å². The summed E-state index contributed by atoms with van der Waals surface area (Å²) in [5.41, 5.74) is 1.36. The van der Waals surface area contributed by atoms with E-state index in [1.165, 1.54) is 4.90 Å². The van der Waals surface area contributed by atoms with Gasteiger partial charge in [0.25, 0.3) is 11.8 Å². The number of rotatable bonds is 2. The minimum Gasteiger partial charge on any atom is -0.362 e. The van der Waals surface area contributed by atoms with Crippen molar-refractivity contribution in [1.29, 1.82) is 5.26 Å². The summed E-state index contributed by atoms with van der Waals surface area (Å²) >= 11 is 0. The smallest absolute Gasteiger partial charge is 0.255 e. The molecule has 2 rings (SSSR count). The van der Waals surface area contributed by atoms with Crippen LogP contribution in [0.15, 0.2) is 24.3 Å². The molecule has 0 atom stereocenters. The first-order chi connectivity index (χ1) is 8.20. The largest absolute Gasteiger partial charge is 0.362 e. The molecule has 0 spiro atoms. The number of morpholine rings is 1. The van der Waals surface area contributed by atoms with Crippen molar-refractivity contribution in [3.63, 3.8) is 0 Å². The first kappa shape index (κ1) is 11.3. The van der Waals surface area contributed by atoms with E-state index >= 15 is 0 Å². The van der Waals surface area contributed by atoms with Gasteiger partial charge in [-0.05, 0) is 17.7 Å². The molecule has 2 amide bonds. The summed E-state index contributed by atoms with van der Waals surface area (Å²) in [7, 11) is 0. The first-order valence-electron chi connectivity index (χ1n) is 5.10. The quantitative estimate of drug-likeness (QED) is 0.691. The summed E-state index contributed by atoms with van der Waals surface area (Å²) in [5.74, 6) is -0.656. The third-order valence-corrected chi connectivity index (χ3v) is 2.48. The lowest BCUT2D eigenvalue weighted by Crippen LogP contribution is -2.45. The molecule has 1 fully saturated rings. The molecule has 1 aliphatic heterocycles. The molecule has 0 aliphatic carbocycles. The van der Waals surface area contributed by atoms with Crippen molar-refractivity contribution in [2.75, 3.05) is 13.2 Å². The Morgan fingerprint density at radius 1 is 1.18 bits per heavy atom. The second-order valence-electron chi connectivity index (χ2n) is 3.68. The fourth-order valence-electron chi connectivity index (χ4n) is 1.56. The Bertz CT molecular complexity index is 471. The lowest BCUT2D eigenvalue weighted by molar-refractivity contribution is -0.159. The van der Waals surface area contributed by atoms with Crippen molar-refractivity contribution in [2.24, 2.45) is 0 Å². The Kier molecular flexibility index (Phi) is 3.17. The zero-order valence-corrected chi connectivity index (χ0v) is 9.05. The van der Waals surface area contributed by atoms with Crippen molar-refractivity contribution < 1.29 is 14.3 Å². The number of amides is 2. The maximum Gasteiger partial charge on any atom is 0.255 e. The molecule has 0 bridgehead atoms. The predicted molar refractivity (Wildman–Crippen MR) is 57.5 cm³/mol. The van der Waals surface area contributed by atoms with Crippen LogP contribution in [0.5, 0.6) is 0 Å². The van der Waals surface area contributed by atoms with Gasteiger partial charge >= 0.3 is 0 Å². The minimum atomic E-state index is -0.328. The van der Waals surface area contributed by atoms with Gasteiger partial charge in [0, 0.05) is 0 Å². The van der Waals surface area contributed by atoms with Gasteiger partial charge in [0.05, 0.1) is 18.2 Å². The number of hydrogen-bond donors (Lipinski definition) is 0. The van der Waals surface area contributed by atoms with Crippen molar-refractivity contribution >= 4 is 11.8 Å². The van der Waals surface area contributed by atoms with E-state index in [-0.39, 0.29) is 31.6 Å². The molecule has 0 saturated carbocycles. The highest BCUT2D eigenvalue weighted by Crippen LogP contribution is 2.10. The molecule has 1 aromatic rings. The molecule has 1 saturated heterocycles. The van der Waals surface area contributed by atoms with Gasteiger partial charge in [-0.2, -0.15) is 5.26 Å². The number of ether oxygens (including phenoxy) is 1. The van der Waals surface area contributed by atoms with Crippen LogP contribution < -0.4 is 0 Å². The molecule has 0 unspecified atom stereocenters. The van der Waals surface area contributed by atoms with Gasteiger partial charge in [-0.3, -0.25) is 14.5 Å². The van der Waals surface area contributed by atoms with Crippen LogP contribution in [0.4, 0.5) is 0 Å². The van der Waals surface area contributed by atoms with E-state index in [1.54, 1.807) is 24.3 Å². The molecule has 5 nitrogen and oxygen atoms in total. The zero-order valence-electron chi connectivity index (χ0n) is 9.05. The maximum atomic E-state index is 11.5. The van der Waals surface area contributed by atoms with E-state index in [1.807, 2.05) is 6.07 Å². The fourth-order valence-corrected chi connectivity index (χ4v) is 1.56. The van der Waals surface area contributed by atoms with Crippen LogP contribution in [0.25, 0.3) is 0 Å². The number of hydrogen-bond acceptors (Lipinski definition) is 4. The molecule has 86 valence electrons. The monoisotopic (exact) mass is 230 g/mol. The standard InChI is InChI=1S/C12H10N2O3/c13-5-9-1-3-10(4-2-9)6-14-11(15)7-17-8-12(14)16/h1-4H,6-8H2. The molecule has 0 aromatic heterocycles. The Balaban J connectivity index is 2.11. The van der Waals surface area contributed by atoms with Crippen LogP contribution in [0.1, 0.15) is 11.1 Å². The molecule has 0 N–H and O–H groups in total. The van der Waals surface area contributed by atoms with Crippen molar-refractivity contribution in [3.8, 4) is 6.07 Å². The van der Waals surface area contributed by atoms with Gasteiger partial charge in [0.15, 0.2) is 0 Å². The summed E-state index contributed by atoms with van der Waals surface area (Å²) in [5, 5.41) is 8.65. The molecular formula is C12H10N2O3. The molecule has 17 heavy (non-hydrogen) atoms. The third-order valence-electron chi connectivity index (χ3n) is 2.48. The van der Waals surface area contributed by atoms with Gasteiger partial charge in [-0.1, -0.05) is 12.1 Å². The number of nitrogens with zero attached hydrogens (tertiary/aromatic N) is 2. The van der Waals surface area contributed by atoms with E-state index in [0.29, 0.717) is 5.56 Å². The second-order valence-corrected chi connectivity index (χ2v) is 3.68. The van der Waals surface area contributed by atoms with E-state index in [9.17, 15) is 9.59 Å². The lowest BCUT2D eigenvalue weighted by atomic mass is 10.1. The van der Waals surface area contributed by atoms with Crippen LogP contribution >= 0.6 is 0 Å². The Labute approximate surface area is 98.2 Å². The number of benzene rings is 1. The van der Waals surface area contributed by atoms with Crippen molar-refractivity contribution in [1.82, 2.24) is 4.90 Å². The Morgan fingerprint density at radius 3 is 2.29 bits per heavy atom. The second kappa shape index (κ2) is 4.76. The predicted octanol–water partition coefficient (Wildman–Crippen LogP) is 0.444. The van der Waals surface area contributed by atoms with Gasteiger partial charge in [-0.25, -0.2) is 0 Å². The van der Waals surface area contributed by atoms with E-state index < -0.39 is 0 Å². The summed E-state index contributed by atoms with van der Waals surface area (Å²) in [6.45, 7) is 0.122. The highest BCUT2D eigenvalue weighted by Gasteiger charge is 2.26. The molecule has 1 heterocycles. The zero-order chi connectivity index (χ0) is 12.3. The Morgan fingerprint density at radius 2 is 1.76 bits per heavy atom. The average molecular weight is 230 g/mol. The topological polar surface area (TPSA) is 70.4 Å². The van der Waals surface area contributed by atoms with Crippen molar-refractivity contribution in [3.05, 3.63) is 35.4 Å². The van der Waals surface area contributed by atoms with E-state index in [4.69, 9.17) is 10.00 Å². The number of carbonyl (C=O) groups excluding carboxylic acids is 2. The molecular weight excluding hydrogens is 220 g/mol. The van der Waals surface area contributed by atoms with E-state index in [2.05, 4.69) is 0 Å². The maximum absolute atomic E-state index is 11.5. The van der Waals surface area contributed by atoms with Crippen LogP contribution in [-0.4, -0.2) is 29.9 Å². The molecule has 0 radical (unpaired) electrons. The fraction of sp³-hybridized carbons (Fsp3) is 0.250. The average Bonchev–Trinajstić information content (AvgIpc) is 2.35. The van der Waals surface area contributed by atoms with Gasteiger partial charge in [0.1, 0.15) is 13.2 Å². The van der Waals surface area contributed by atoms with Gasteiger partial charge in [-0.15, -0.1) is 0 Å². The third kappa shape index (κ3) is 2.49. The van der Waals surface area contributed by atoms with Crippen LogP contribution in [-0.2, 0) is 20.9 Å². The molecule has 1 aromatic carbocycles. The Hall–Kier alpha value is -2.19. The lowest BCUT2D eigenvalue weighted by Gasteiger charge is -2.24. The summed E-state index contributed by atoms with van der Waals surface area (Å²) in [6.07, 6.45) is 0. The normalized spacial score (nSPS) is 15.8. The number of imide groups is 1. The summed E-state index contributed by atoms with van der Waals surface area (Å²) in [6, 6.07) is 8.78. The van der Waals surface area contributed by atoms with Gasteiger partial charge in [0.2, 0.25) is 0 Å². The van der Waals surface area contributed by atoms with Crippen LogP contribution in [0.3, 0.4) is 0 Å². The molecule has 1 aliphatic rings. The number of carbonyl (C=O) groups is 2.